The molecule has 0 bridgehead atoms. The summed E-state index contributed by atoms with van der Waals surface area (Å²) in [6.07, 6.45) is -2.41. The second kappa shape index (κ2) is 7.66. The largest absolute Gasteiger partial charge is 0.314 e. The van der Waals surface area contributed by atoms with Gasteiger partial charge in [0.25, 0.3) is 0 Å². The first-order valence-electron chi connectivity index (χ1n) is 8.12. The number of nitrogens with one attached hydrogen (secondary N) is 1. The number of benzene rings is 2. The second-order valence-corrected chi connectivity index (χ2v) is 5.92. The Morgan fingerprint density at radius 1 is 0.913 bits per heavy atom. The number of piperazine rings is 1. The van der Waals surface area contributed by atoms with Crippen LogP contribution >= 0.6 is 0 Å². The summed E-state index contributed by atoms with van der Waals surface area (Å²) in [5.41, 5.74) is 3.18. The van der Waals surface area contributed by atoms with Crippen LogP contribution in [0.2, 0.25) is 0 Å². The van der Waals surface area contributed by atoms with Gasteiger partial charge in [-0.25, -0.2) is 8.78 Å². The first-order chi connectivity index (χ1) is 11.2. The Morgan fingerprint density at radius 3 is 2.30 bits per heavy atom. The number of hydrogen-bond donors (Lipinski definition) is 1. The van der Waals surface area contributed by atoms with Gasteiger partial charge in [-0.15, -0.1) is 0 Å². The molecule has 0 spiro atoms. The summed E-state index contributed by atoms with van der Waals surface area (Å²) in [6.45, 7) is 3.34. The van der Waals surface area contributed by atoms with Crippen LogP contribution in [0.25, 0.3) is 11.1 Å². The van der Waals surface area contributed by atoms with Crippen molar-refractivity contribution in [3.8, 4) is 11.1 Å². The predicted molar refractivity (Wildman–Crippen MR) is 89.7 cm³/mol. The zero-order valence-corrected chi connectivity index (χ0v) is 13.1. The van der Waals surface area contributed by atoms with Gasteiger partial charge in [0, 0.05) is 38.6 Å². The monoisotopic (exact) mass is 316 g/mol. The van der Waals surface area contributed by atoms with E-state index < -0.39 is 6.43 Å². The molecule has 2 nitrogen and oxygen atoms in total. The van der Waals surface area contributed by atoms with Crippen LogP contribution in [0.3, 0.4) is 0 Å². The molecule has 23 heavy (non-hydrogen) atoms. The maximum atomic E-state index is 13.1. The van der Waals surface area contributed by atoms with E-state index in [2.05, 4.69) is 16.3 Å². The molecule has 0 aliphatic carbocycles. The molecule has 1 saturated heterocycles. The Labute approximate surface area is 136 Å². The second-order valence-electron chi connectivity index (χ2n) is 5.92. The average Bonchev–Trinajstić information content (AvgIpc) is 2.61. The van der Waals surface area contributed by atoms with Crippen LogP contribution in [0, 0.1) is 0 Å². The van der Waals surface area contributed by atoms with Crippen molar-refractivity contribution in [3.63, 3.8) is 0 Å². The van der Waals surface area contributed by atoms with Gasteiger partial charge in [-0.3, -0.25) is 4.90 Å². The number of halogens is 2. The Hall–Kier alpha value is -1.78. The van der Waals surface area contributed by atoms with E-state index in [1.807, 2.05) is 48.5 Å². The Bertz CT molecular complexity index is 610. The van der Waals surface area contributed by atoms with Gasteiger partial charge in [-0.1, -0.05) is 48.5 Å². The van der Waals surface area contributed by atoms with Crippen LogP contribution in [-0.4, -0.2) is 37.5 Å². The van der Waals surface area contributed by atoms with Gasteiger partial charge in [-0.05, 0) is 22.8 Å². The Balaban J connectivity index is 1.89. The first-order valence-corrected chi connectivity index (χ1v) is 8.12. The van der Waals surface area contributed by atoms with Gasteiger partial charge >= 0.3 is 0 Å². The van der Waals surface area contributed by atoms with E-state index in [1.54, 1.807) is 0 Å². The molecule has 3 rings (SSSR count). The third-order valence-corrected chi connectivity index (χ3v) is 4.37. The van der Waals surface area contributed by atoms with Crippen molar-refractivity contribution in [2.45, 2.75) is 18.9 Å². The normalized spacial score (nSPS) is 17.3. The summed E-state index contributed by atoms with van der Waals surface area (Å²) < 4.78 is 26.2. The third-order valence-electron chi connectivity index (χ3n) is 4.37. The predicted octanol–water partition coefficient (Wildman–Crippen LogP) is 3.96. The van der Waals surface area contributed by atoms with E-state index in [9.17, 15) is 8.78 Å². The van der Waals surface area contributed by atoms with Crippen molar-refractivity contribution in [1.29, 1.82) is 0 Å². The highest BCUT2D eigenvalue weighted by Crippen LogP contribution is 2.30. The van der Waals surface area contributed by atoms with Crippen LogP contribution in [0.4, 0.5) is 8.78 Å². The van der Waals surface area contributed by atoms with Crippen LogP contribution in [0.5, 0.6) is 0 Å². The lowest BCUT2D eigenvalue weighted by atomic mass is 9.96. The highest BCUT2D eigenvalue weighted by molar-refractivity contribution is 5.64. The molecule has 1 fully saturated rings. The lowest BCUT2D eigenvalue weighted by Crippen LogP contribution is -2.45. The fourth-order valence-electron chi connectivity index (χ4n) is 3.21. The van der Waals surface area contributed by atoms with Gasteiger partial charge in [-0.2, -0.15) is 0 Å². The molecule has 1 N–H and O–H groups in total. The molecule has 0 aromatic heterocycles. The van der Waals surface area contributed by atoms with Crippen LogP contribution in [0.15, 0.2) is 54.6 Å². The minimum atomic E-state index is -2.30. The molecule has 0 amide bonds. The van der Waals surface area contributed by atoms with Crippen molar-refractivity contribution in [3.05, 3.63) is 60.2 Å². The number of alkyl halides is 2. The Morgan fingerprint density at radius 2 is 1.61 bits per heavy atom. The molecule has 1 aliphatic heterocycles. The zero-order valence-electron chi connectivity index (χ0n) is 13.1. The summed E-state index contributed by atoms with van der Waals surface area (Å²) in [5.74, 6) is 0. The highest BCUT2D eigenvalue weighted by atomic mass is 19.3. The molecule has 2 aromatic carbocycles. The van der Waals surface area contributed by atoms with Crippen LogP contribution < -0.4 is 5.32 Å². The van der Waals surface area contributed by atoms with Gasteiger partial charge in [0.05, 0.1) is 0 Å². The van der Waals surface area contributed by atoms with E-state index in [1.165, 1.54) is 0 Å². The fourth-order valence-corrected chi connectivity index (χ4v) is 3.21. The van der Waals surface area contributed by atoms with Crippen molar-refractivity contribution in [2.24, 2.45) is 0 Å². The maximum absolute atomic E-state index is 13.1. The number of nitrogens with zero attached hydrogens (tertiary/aromatic N) is 1. The van der Waals surface area contributed by atoms with E-state index >= 15 is 0 Å². The van der Waals surface area contributed by atoms with E-state index in [0.717, 1.165) is 42.9 Å². The van der Waals surface area contributed by atoms with E-state index in [4.69, 9.17) is 0 Å². The molecule has 122 valence electrons. The topological polar surface area (TPSA) is 15.3 Å². The van der Waals surface area contributed by atoms with Gasteiger partial charge in [0.15, 0.2) is 0 Å². The van der Waals surface area contributed by atoms with E-state index in [-0.39, 0.29) is 12.5 Å². The number of hydrogen-bond acceptors (Lipinski definition) is 2. The van der Waals surface area contributed by atoms with Gasteiger partial charge in [0.1, 0.15) is 0 Å². The molecule has 4 heteroatoms. The molecule has 2 aromatic rings. The van der Waals surface area contributed by atoms with E-state index in [0.29, 0.717) is 0 Å². The smallest absolute Gasteiger partial charge is 0.240 e. The minimum absolute atomic E-state index is 0.113. The van der Waals surface area contributed by atoms with Crippen molar-refractivity contribution < 1.29 is 8.78 Å². The molecule has 0 unspecified atom stereocenters. The SMILES string of the molecule is FC(F)C[C@@H](c1cccc(-c2ccccc2)c1)N1CCNCC1. The molecule has 0 radical (unpaired) electrons. The van der Waals surface area contributed by atoms with Gasteiger partial charge < -0.3 is 5.32 Å². The third kappa shape index (κ3) is 4.15. The van der Waals surface area contributed by atoms with Crippen LogP contribution in [0.1, 0.15) is 18.0 Å². The van der Waals surface area contributed by atoms with Crippen LogP contribution in [-0.2, 0) is 0 Å². The summed E-state index contributed by atoms with van der Waals surface area (Å²) in [5, 5.41) is 3.28. The average molecular weight is 316 g/mol. The fraction of sp³-hybridized carbons (Fsp3) is 0.368. The van der Waals surface area contributed by atoms with Crippen molar-refractivity contribution in [1.82, 2.24) is 10.2 Å². The quantitative estimate of drug-likeness (QED) is 0.898. The lowest BCUT2D eigenvalue weighted by Gasteiger charge is -2.35. The molecule has 1 atom stereocenters. The first kappa shape index (κ1) is 16.1. The van der Waals surface area contributed by atoms with Crippen molar-refractivity contribution in [2.75, 3.05) is 26.2 Å². The summed E-state index contributed by atoms with van der Waals surface area (Å²) in [4.78, 5) is 2.17. The Kier molecular flexibility index (Phi) is 5.36. The maximum Gasteiger partial charge on any atom is 0.240 e. The summed E-state index contributed by atoms with van der Waals surface area (Å²) in [6, 6.07) is 17.9. The molecule has 0 saturated carbocycles. The zero-order chi connectivity index (χ0) is 16.1. The van der Waals surface area contributed by atoms with Gasteiger partial charge in [0.2, 0.25) is 6.43 Å². The summed E-state index contributed by atoms with van der Waals surface area (Å²) >= 11 is 0. The molecule has 1 aliphatic rings. The summed E-state index contributed by atoms with van der Waals surface area (Å²) in [7, 11) is 0. The molecule has 1 heterocycles. The minimum Gasteiger partial charge on any atom is -0.314 e. The lowest BCUT2D eigenvalue weighted by molar-refractivity contribution is 0.0739. The molecular formula is C19H22F2N2. The standard InChI is InChI=1S/C19H22F2N2/c20-19(21)14-18(23-11-9-22-10-12-23)17-8-4-7-16(13-17)15-5-2-1-3-6-15/h1-8,13,18-19,22H,9-12,14H2/t18-/m0/s1. The number of rotatable bonds is 5. The highest BCUT2D eigenvalue weighted by Gasteiger charge is 2.25. The molecular weight excluding hydrogens is 294 g/mol. The van der Waals surface area contributed by atoms with Crippen molar-refractivity contribution >= 4 is 0 Å².